The molecule has 0 radical (unpaired) electrons. The number of nitrogens with one attached hydrogen (secondary N) is 1. The highest BCUT2D eigenvalue weighted by atomic mass is 16.5. The largest absolute Gasteiger partial charge is 0.489 e. The van der Waals surface area contributed by atoms with Crippen molar-refractivity contribution in [3.8, 4) is 5.75 Å². The van der Waals surface area contributed by atoms with Crippen LogP contribution in [0, 0.1) is 0 Å². The molecular weight excluding hydrogens is 474 g/mol. The van der Waals surface area contributed by atoms with E-state index in [1.165, 1.54) is 5.56 Å². The Morgan fingerprint density at radius 1 is 0.947 bits per heavy atom. The third kappa shape index (κ3) is 4.99. The van der Waals surface area contributed by atoms with Crippen LogP contribution in [0.3, 0.4) is 0 Å². The van der Waals surface area contributed by atoms with Crippen molar-refractivity contribution in [3.63, 3.8) is 0 Å². The molecule has 0 bridgehead atoms. The first-order chi connectivity index (χ1) is 18.6. The van der Waals surface area contributed by atoms with Crippen LogP contribution >= 0.6 is 0 Å². The quantitative estimate of drug-likeness (QED) is 0.386. The van der Waals surface area contributed by atoms with Gasteiger partial charge >= 0.3 is 0 Å². The highest BCUT2D eigenvalue weighted by Crippen LogP contribution is 2.51. The van der Waals surface area contributed by atoms with Crippen LogP contribution in [0.4, 0.5) is 0 Å². The molecule has 2 aliphatic rings. The number of carbonyl (C=O) groups is 1. The molecule has 6 nitrogen and oxygen atoms in total. The lowest BCUT2D eigenvalue weighted by atomic mass is 9.94. The van der Waals surface area contributed by atoms with Gasteiger partial charge in [0.2, 0.25) is 5.91 Å². The molecule has 6 rings (SSSR count). The fourth-order valence-electron chi connectivity index (χ4n) is 5.38. The van der Waals surface area contributed by atoms with Crippen molar-refractivity contribution >= 4 is 5.91 Å². The second-order valence-electron chi connectivity index (χ2n) is 10.3. The van der Waals surface area contributed by atoms with E-state index in [1.54, 1.807) is 4.90 Å². The molecule has 1 amide bonds. The summed E-state index contributed by atoms with van der Waals surface area (Å²) in [5.41, 5.74) is 4.32. The Balaban J connectivity index is 1.16. The molecule has 4 aromatic rings. The van der Waals surface area contributed by atoms with Crippen molar-refractivity contribution in [3.05, 3.63) is 129 Å². The van der Waals surface area contributed by atoms with Gasteiger partial charge in [-0.2, -0.15) is 0 Å². The van der Waals surface area contributed by atoms with E-state index in [0.29, 0.717) is 31.7 Å². The van der Waals surface area contributed by atoms with Gasteiger partial charge in [0.05, 0.1) is 29.6 Å². The minimum absolute atomic E-state index is 0.00415. The first-order valence-corrected chi connectivity index (χ1v) is 13.3. The maximum atomic E-state index is 13.3. The van der Waals surface area contributed by atoms with Crippen LogP contribution < -0.4 is 10.3 Å². The lowest BCUT2D eigenvalue weighted by Crippen LogP contribution is -2.34. The maximum Gasteiger partial charge on any atom is 0.256 e. The number of aromatic nitrogens is 2. The number of aromatic amines is 1. The Bertz CT molecular complexity index is 1490. The van der Waals surface area contributed by atoms with E-state index in [4.69, 9.17) is 9.72 Å². The number of aryl methyl sites for hydroxylation is 1. The fourth-order valence-corrected chi connectivity index (χ4v) is 5.38. The van der Waals surface area contributed by atoms with Gasteiger partial charge in [0.25, 0.3) is 5.56 Å². The van der Waals surface area contributed by atoms with Crippen molar-refractivity contribution in [1.29, 1.82) is 0 Å². The first kappa shape index (κ1) is 24.2. The molecule has 1 aromatic heterocycles. The third-order valence-corrected chi connectivity index (χ3v) is 7.68. The van der Waals surface area contributed by atoms with Crippen molar-refractivity contribution in [2.45, 2.75) is 50.7 Å². The number of nitrogens with zero attached hydrogens (tertiary/aromatic N) is 2. The molecule has 0 atom stereocenters. The lowest BCUT2D eigenvalue weighted by molar-refractivity contribution is -0.131. The summed E-state index contributed by atoms with van der Waals surface area (Å²) in [7, 11) is 0. The average Bonchev–Trinajstić information content (AvgIpc) is 3.78. The normalized spacial score (nSPS) is 15.8. The van der Waals surface area contributed by atoms with Crippen LogP contribution in [-0.2, 0) is 36.2 Å². The average molecular weight is 506 g/mol. The number of hydrogen-bond donors (Lipinski definition) is 1. The van der Waals surface area contributed by atoms with Crippen LogP contribution in [0.15, 0.2) is 89.7 Å². The van der Waals surface area contributed by atoms with E-state index in [-0.39, 0.29) is 23.3 Å². The Morgan fingerprint density at radius 3 is 2.45 bits per heavy atom. The number of fused-ring (bicyclic) bond motifs is 1. The zero-order chi connectivity index (χ0) is 26.0. The molecule has 0 saturated heterocycles. The SMILES string of the molecule is O=C(Cc1cccc(OCc2ccccc2)c1)N1CCCc2nc(C3(c4ccccc4)CC3)[nH]c(=O)c2C1. The predicted molar refractivity (Wildman–Crippen MR) is 146 cm³/mol. The van der Waals surface area contributed by atoms with E-state index in [2.05, 4.69) is 17.1 Å². The highest BCUT2D eigenvalue weighted by molar-refractivity contribution is 5.79. The van der Waals surface area contributed by atoms with Crippen molar-refractivity contribution in [2.75, 3.05) is 6.54 Å². The van der Waals surface area contributed by atoms with E-state index >= 15 is 0 Å². The second kappa shape index (κ2) is 10.3. The van der Waals surface area contributed by atoms with Crippen molar-refractivity contribution in [1.82, 2.24) is 14.9 Å². The van der Waals surface area contributed by atoms with E-state index < -0.39 is 0 Å². The van der Waals surface area contributed by atoms with Gasteiger partial charge in [0.15, 0.2) is 0 Å². The second-order valence-corrected chi connectivity index (χ2v) is 10.3. The van der Waals surface area contributed by atoms with Gasteiger partial charge < -0.3 is 14.6 Å². The molecule has 6 heteroatoms. The van der Waals surface area contributed by atoms with Crippen molar-refractivity contribution < 1.29 is 9.53 Å². The zero-order valence-electron chi connectivity index (χ0n) is 21.4. The van der Waals surface area contributed by atoms with Crippen LogP contribution in [0.2, 0.25) is 0 Å². The summed E-state index contributed by atoms with van der Waals surface area (Å²) in [5.74, 6) is 1.50. The van der Waals surface area contributed by atoms with E-state index in [0.717, 1.165) is 47.7 Å². The molecule has 38 heavy (non-hydrogen) atoms. The number of amides is 1. The van der Waals surface area contributed by atoms with Gasteiger partial charge in [0.1, 0.15) is 18.2 Å². The predicted octanol–water partition coefficient (Wildman–Crippen LogP) is 4.95. The Morgan fingerprint density at radius 2 is 1.68 bits per heavy atom. The van der Waals surface area contributed by atoms with Crippen LogP contribution in [-0.4, -0.2) is 27.3 Å². The Labute approximate surface area is 222 Å². The summed E-state index contributed by atoms with van der Waals surface area (Å²) in [6.07, 6.45) is 3.71. The number of hydrogen-bond acceptors (Lipinski definition) is 4. The molecule has 3 aromatic carbocycles. The molecule has 0 unspecified atom stereocenters. The summed E-state index contributed by atoms with van der Waals surface area (Å²) < 4.78 is 5.94. The molecule has 2 heterocycles. The first-order valence-electron chi connectivity index (χ1n) is 13.3. The molecular formula is C32H31N3O3. The fraction of sp³-hybridized carbons (Fsp3) is 0.281. The highest BCUT2D eigenvalue weighted by Gasteiger charge is 2.48. The van der Waals surface area contributed by atoms with Gasteiger partial charge in [-0.15, -0.1) is 0 Å². The summed E-state index contributed by atoms with van der Waals surface area (Å²) in [6, 6.07) is 28.0. The summed E-state index contributed by atoms with van der Waals surface area (Å²) in [5, 5.41) is 0. The number of carbonyl (C=O) groups excluding carboxylic acids is 1. The molecule has 1 aliphatic carbocycles. The van der Waals surface area contributed by atoms with Gasteiger partial charge in [-0.1, -0.05) is 72.8 Å². The molecule has 1 saturated carbocycles. The number of ether oxygens (including phenoxy) is 1. The monoisotopic (exact) mass is 505 g/mol. The van der Waals surface area contributed by atoms with Gasteiger partial charge in [0, 0.05) is 6.54 Å². The van der Waals surface area contributed by atoms with Crippen LogP contribution in [0.5, 0.6) is 5.75 Å². The van der Waals surface area contributed by atoms with Crippen molar-refractivity contribution in [2.24, 2.45) is 0 Å². The number of benzene rings is 3. The standard InChI is InChI=1S/C32H31N3O3/c36-29(20-24-11-7-14-26(19-24)38-22-23-9-3-1-4-10-23)35-18-8-15-28-27(21-35)30(37)34-31(33-28)32(16-17-32)25-12-5-2-6-13-25/h1-7,9-14,19H,8,15-18,20-22H2,(H,33,34,37). The molecule has 0 spiro atoms. The smallest absolute Gasteiger partial charge is 0.256 e. The summed E-state index contributed by atoms with van der Waals surface area (Å²) >= 11 is 0. The Hall–Kier alpha value is -4.19. The molecule has 1 N–H and O–H groups in total. The van der Waals surface area contributed by atoms with E-state index in [1.807, 2.05) is 72.8 Å². The number of H-pyrrole nitrogens is 1. The summed E-state index contributed by atoms with van der Waals surface area (Å²) in [6.45, 7) is 1.38. The zero-order valence-corrected chi connectivity index (χ0v) is 21.4. The van der Waals surface area contributed by atoms with Crippen LogP contribution in [0.25, 0.3) is 0 Å². The number of rotatable bonds is 7. The Kier molecular flexibility index (Phi) is 6.54. The third-order valence-electron chi connectivity index (χ3n) is 7.68. The molecule has 1 fully saturated rings. The minimum Gasteiger partial charge on any atom is -0.489 e. The van der Waals surface area contributed by atoms with E-state index in [9.17, 15) is 9.59 Å². The van der Waals surface area contributed by atoms with Gasteiger partial charge in [-0.3, -0.25) is 9.59 Å². The minimum atomic E-state index is -0.190. The van der Waals surface area contributed by atoms with Gasteiger partial charge in [-0.25, -0.2) is 4.98 Å². The summed E-state index contributed by atoms with van der Waals surface area (Å²) in [4.78, 5) is 36.4. The molecule has 192 valence electrons. The topological polar surface area (TPSA) is 75.3 Å². The van der Waals surface area contributed by atoms with Gasteiger partial charge in [-0.05, 0) is 54.5 Å². The van der Waals surface area contributed by atoms with Crippen LogP contribution in [0.1, 0.15) is 53.0 Å². The maximum absolute atomic E-state index is 13.3. The molecule has 1 aliphatic heterocycles. The lowest BCUT2D eigenvalue weighted by Gasteiger charge is -2.21.